The number of benzene rings is 3. The molecular weight excluding hydrogens is 487 g/mol. The van der Waals surface area contributed by atoms with Crippen LogP contribution in [0.2, 0.25) is 5.02 Å². The molecule has 0 heterocycles. The van der Waals surface area contributed by atoms with E-state index in [1.54, 1.807) is 26.0 Å². The number of nitrogens with zero attached hydrogens (tertiary/aromatic N) is 1. The summed E-state index contributed by atoms with van der Waals surface area (Å²) in [4.78, 5) is 0.145. The Morgan fingerprint density at radius 1 is 0.879 bits per heavy atom. The second-order valence-electron chi connectivity index (χ2n) is 7.63. The van der Waals surface area contributed by atoms with E-state index in [9.17, 15) is 21.2 Å². The van der Waals surface area contributed by atoms with Crippen molar-refractivity contribution in [3.05, 3.63) is 88.2 Å². The number of hydrogen-bond acceptors (Lipinski definition) is 4. The minimum Gasteiger partial charge on any atom is -0.265 e. The third-order valence-electron chi connectivity index (χ3n) is 5.00. The lowest BCUT2D eigenvalue weighted by Crippen LogP contribution is -2.39. The molecule has 0 bridgehead atoms. The first-order chi connectivity index (χ1) is 15.4. The van der Waals surface area contributed by atoms with Crippen molar-refractivity contribution >= 4 is 37.3 Å². The molecule has 3 aromatic rings. The number of hydrogen-bond donors (Lipinski definition) is 1. The zero-order valence-electron chi connectivity index (χ0n) is 18.3. The van der Waals surface area contributed by atoms with Crippen molar-refractivity contribution in [3.63, 3.8) is 0 Å². The van der Waals surface area contributed by atoms with E-state index < -0.39 is 25.9 Å². The van der Waals surface area contributed by atoms with Crippen molar-refractivity contribution in [1.29, 1.82) is 0 Å². The number of anilines is 1. The minimum atomic E-state index is -4.07. The summed E-state index contributed by atoms with van der Waals surface area (Å²) >= 11 is 5.88. The molecule has 0 unspecified atom stereocenters. The van der Waals surface area contributed by atoms with Crippen LogP contribution in [0.3, 0.4) is 0 Å². The summed E-state index contributed by atoms with van der Waals surface area (Å²) in [6.07, 6.45) is 0. The van der Waals surface area contributed by atoms with Gasteiger partial charge in [0.05, 0.1) is 15.5 Å². The first-order valence-corrected chi connectivity index (χ1v) is 13.3. The van der Waals surface area contributed by atoms with Crippen LogP contribution >= 0.6 is 11.6 Å². The molecule has 0 aromatic heterocycles. The Bertz CT molecular complexity index is 1340. The molecule has 0 saturated heterocycles. The summed E-state index contributed by atoms with van der Waals surface area (Å²) in [5, 5.41) is 0.374. The highest BCUT2D eigenvalue weighted by Gasteiger charge is 2.26. The van der Waals surface area contributed by atoms with Crippen molar-refractivity contribution in [2.24, 2.45) is 0 Å². The minimum absolute atomic E-state index is 0.0238. The summed E-state index contributed by atoms with van der Waals surface area (Å²) in [7, 11) is -7.96. The normalized spacial score (nSPS) is 12.0. The molecule has 0 atom stereocenters. The molecule has 0 fully saturated rings. The topological polar surface area (TPSA) is 83.6 Å². The lowest BCUT2D eigenvalue weighted by molar-refractivity contribution is 0.576. The fraction of sp³-hybridized carbons (Fsp3) is 0.217. The molecule has 0 spiro atoms. The van der Waals surface area contributed by atoms with E-state index in [1.165, 1.54) is 36.4 Å². The molecule has 3 rings (SSSR count). The molecule has 0 aliphatic carbocycles. The van der Waals surface area contributed by atoms with Gasteiger partial charge in [0.1, 0.15) is 5.82 Å². The maximum absolute atomic E-state index is 13.4. The summed E-state index contributed by atoms with van der Waals surface area (Å²) in [6.45, 7) is 4.90. The van der Waals surface area contributed by atoms with Gasteiger partial charge in [-0.1, -0.05) is 29.3 Å². The molecule has 6 nitrogen and oxygen atoms in total. The fourth-order valence-electron chi connectivity index (χ4n) is 3.67. The van der Waals surface area contributed by atoms with Gasteiger partial charge in [0.25, 0.3) is 10.0 Å². The van der Waals surface area contributed by atoms with Crippen LogP contribution in [0, 0.1) is 26.6 Å². The lowest BCUT2D eigenvalue weighted by Gasteiger charge is -2.25. The Morgan fingerprint density at radius 2 is 1.42 bits per heavy atom. The Morgan fingerprint density at radius 3 is 1.97 bits per heavy atom. The van der Waals surface area contributed by atoms with E-state index in [-0.39, 0.29) is 28.6 Å². The van der Waals surface area contributed by atoms with E-state index in [0.717, 1.165) is 22.0 Å². The van der Waals surface area contributed by atoms with Crippen LogP contribution in [0.5, 0.6) is 0 Å². The summed E-state index contributed by atoms with van der Waals surface area (Å²) in [5.74, 6) is -0.520. The lowest BCUT2D eigenvalue weighted by atomic mass is 10.1. The van der Waals surface area contributed by atoms with Gasteiger partial charge in [0, 0.05) is 18.1 Å². The Hall–Kier alpha value is -2.46. The maximum atomic E-state index is 13.4. The van der Waals surface area contributed by atoms with E-state index in [1.807, 2.05) is 6.92 Å². The zero-order chi connectivity index (χ0) is 24.4. The Kier molecular flexibility index (Phi) is 7.48. The third kappa shape index (κ3) is 5.73. The molecule has 0 radical (unpaired) electrons. The molecule has 0 aliphatic heterocycles. The van der Waals surface area contributed by atoms with Crippen molar-refractivity contribution in [2.45, 2.75) is 30.6 Å². The van der Waals surface area contributed by atoms with Gasteiger partial charge >= 0.3 is 0 Å². The highest BCUT2D eigenvalue weighted by Crippen LogP contribution is 2.25. The van der Waals surface area contributed by atoms with E-state index >= 15 is 0 Å². The summed E-state index contributed by atoms with van der Waals surface area (Å²) in [6, 6.07) is 14.1. The predicted molar refractivity (Wildman–Crippen MR) is 128 cm³/mol. The average Bonchev–Trinajstić information content (AvgIpc) is 2.71. The molecule has 3 aromatic carbocycles. The van der Waals surface area contributed by atoms with Gasteiger partial charge in [-0.05, 0) is 80.4 Å². The zero-order valence-corrected chi connectivity index (χ0v) is 20.7. The largest absolute Gasteiger partial charge is 0.265 e. The van der Waals surface area contributed by atoms with Crippen LogP contribution in [0.15, 0.2) is 70.5 Å². The van der Waals surface area contributed by atoms with Gasteiger partial charge in [0.15, 0.2) is 0 Å². The molecule has 33 heavy (non-hydrogen) atoms. The van der Waals surface area contributed by atoms with Crippen LogP contribution in [0.1, 0.15) is 16.7 Å². The smallest absolute Gasteiger partial charge is 0.264 e. The summed E-state index contributed by atoms with van der Waals surface area (Å²) < 4.78 is 69.5. The van der Waals surface area contributed by atoms with Crippen LogP contribution in [-0.2, 0) is 20.0 Å². The van der Waals surface area contributed by atoms with Crippen LogP contribution in [-0.4, -0.2) is 29.9 Å². The highest BCUT2D eigenvalue weighted by molar-refractivity contribution is 7.92. The molecular formula is C23H24ClFN2O4S2. The number of aryl methyl sites for hydroxylation is 3. The predicted octanol–water partition coefficient (Wildman–Crippen LogP) is 4.58. The van der Waals surface area contributed by atoms with Crippen LogP contribution in [0.4, 0.5) is 10.1 Å². The van der Waals surface area contributed by atoms with Crippen molar-refractivity contribution in [3.8, 4) is 0 Å². The van der Waals surface area contributed by atoms with Gasteiger partial charge in [0.2, 0.25) is 10.0 Å². The van der Waals surface area contributed by atoms with Crippen molar-refractivity contribution in [1.82, 2.24) is 4.72 Å². The fourth-order valence-corrected chi connectivity index (χ4v) is 6.73. The second-order valence-corrected chi connectivity index (χ2v) is 11.6. The third-order valence-corrected chi connectivity index (χ3v) is 8.86. The van der Waals surface area contributed by atoms with Gasteiger partial charge in [-0.2, -0.15) is 0 Å². The van der Waals surface area contributed by atoms with Gasteiger partial charge in [-0.25, -0.2) is 25.9 Å². The molecule has 176 valence electrons. The Labute approximate surface area is 199 Å². The first-order valence-electron chi connectivity index (χ1n) is 10.0. The molecule has 0 amide bonds. The molecule has 0 aliphatic rings. The highest BCUT2D eigenvalue weighted by atomic mass is 35.5. The first kappa shape index (κ1) is 25.2. The average molecular weight is 511 g/mol. The Balaban J connectivity index is 1.90. The van der Waals surface area contributed by atoms with E-state index in [4.69, 9.17) is 11.6 Å². The van der Waals surface area contributed by atoms with E-state index in [0.29, 0.717) is 16.1 Å². The quantitative estimate of drug-likeness (QED) is 0.481. The summed E-state index contributed by atoms with van der Waals surface area (Å²) in [5.41, 5.74) is 2.35. The van der Waals surface area contributed by atoms with E-state index in [2.05, 4.69) is 4.72 Å². The second kappa shape index (κ2) is 9.80. The van der Waals surface area contributed by atoms with Gasteiger partial charge in [-0.15, -0.1) is 0 Å². The molecule has 0 saturated carbocycles. The number of halogens is 2. The van der Waals surface area contributed by atoms with Crippen molar-refractivity contribution in [2.75, 3.05) is 17.4 Å². The maximum Gasteiger partial charge on any atom is 0.264 e. The van der Waals surface area contributed by atoms with Crippen LogP contribution in [0.25, 0.3) is 0 Å². The van der Waals surface area contributed by atoms with Crippen molar-refractivity contribution < 1.29 is 21.2 Å². The number of nitrogens with one attached hydrogen (secondary N) is 1. The van der Waals surface area contributed by atoms with Gasteiger partial charge in [-0.3, -0.25) is 4.31 Å². The monoisotopic (exact) mass is 510 g/mol. The SMILES string of the molecule is Cc1cc(C)c(S(=O)(=O)NCCN(c2ccc(F)cc2)S(=O)(=O)c2ccc(Cl)cc2)c(C)c1. The number of rotatable bonds is 8. The van der Waals surface area contributed by atoms with Crippen LogP contribution < -0.4 is 9.03 Å². The molecule has 1 N–H and O–H groups in total. The number of sulfonamides is 2. The standard InChI is InChI=1S/C23H24ClFN2O4S2/c1-16-14-17(2)23(18(3)15-16)32(28,29)26-12-13-27(21-8-6-20(25)7-9-21)33(30,31)22-10-4-19(24)5-11-22/h4-11,14-15,26H,12-13H2,1-3H3. The van der Waals surface area contributed by atoms with Gasteiger partial charge < -0.3 is 0 Å². The molecule has 10 heteroatoms.